The SMILES string of the molecule is COC(=O)c1c(NC(=O)C2CCCCC2)sc(C(=O)Nc2ccccc2)c1C. The Balaban J connectivity index is 1.86. The Morgan fingerprint density at radius 2 is 1.71 bits per heavy atom. The Bertz CT molecular complexity index is 870. The predicted molar refractivity (Wildman–Crippen MR) is 110 cm³/mol. The zero-order valence-electron chi connectivity index (χ0n) is 16.0. The van der Waals surface area contributed by atoms with Crippen molar-refractivity contribution in [1.29, 1.82) is 0 Å². The van der Waals surface area contributed by atoms with Crippen molar-refractivity contribution in [3.05, 3.63) is 46.3 Å². The van der Waals surface area contributed by atoms with Gasteiger partial charge in [-0.1, -0.05) is 37.5 Å². The van der Waals surface area contributed by atoms with Crippen LogP contribution in [0.4, 0.5) is 10.7 Å². The number of para-hydroxylation sites is 1. The van der Waals surface area contributed by atoms with E-state index < -0.39 is 5.97 Å². The summed E-state index contributed by atoms with van der Waals surface area (Å²) in [6, 6.07) is 9.08. The Kier molecular flexibility index (Phi) is 6.46. The molecular formula is C21H24N2O4S. The van der Waals surface area contributed by atoms with Crippen LogP contribution in [0.15, 0.2) is 30.3 Å². The third kappa shape index (κ3) is 4.42. The Morgan fingerprint density at radius 3 is 2.36 bits per heavy atom. The lowest BCUT2D eigenvalue weighted by molar-refractivity contribution is -0.120. The van der Waals surface area contributed by atoms with Gasteiger partial charge in [-0.25, -0.2) is 4.79 Å². The first kappa shape index (κ1) is 20.1. The van der Waals surface area contributed by atoms with Gasteiger partial charge in [0.25, 0.3) is 5.91 Å². The lowest BCUT2D eigenvalue weighted by atomic mass is 9.89. The highest BCUT2D eigenvalue weighted by Crippen LogP contribution is 2.35. The summed E-state index contributed by atoms with van der Waals surface area (Å²) in [6.45, 7) is 1.69. The molecule has 0 radical (unpaired) electrons. The second-order valence-electron chi connectivity index (χ2n) is 6.90. The van der Waals surface area contributed by atoms with Crippen molar-refractivity contribution >= 4 is 39.8 Å². The molecule has 0 unspecified atom stereocenters. The van der Waals surface area contributed by atoms with Crippen LogP contribution >= 0.6 is 11.3 Å². The number of carbonyl (C=O) groups is 3. The van der Waals surface area contributed by atoms with Gasteiger partial charge >= 0.3 is 5.97 Å². The van der Waals surface area contributed by atoms with Gasteiger partial charge in [-0.15, -0.1) is 11.3 Å². The molecule has 2 amide bonds. The van der Waals surface area contributed by atoms with Gasteiger partial charge in [-0.2, -0.15) is 0 Å². The van der Waals surface area contributed by atoms with E-state index in [1.165, 1.54) is 7.11 Å². The quantitative estimate of drug-likeness (QED) is 0.718. The van der Waals surface area contributed by atoms with Crippen molar-refractivity contribution in [2.45, 2.75) is 39.0 Å². The second kappa shape index (κ2) is 9.01. The maximum absolute atomic E-state index is 12.7. The van der Waals surface area contributed by atoms with E-state index in [2.05, 4.69) is 10.6 Å². The number of anilines is 2. The molecule has 1 aliphatic carbocycles. The van der Waals surface area contributed by atoms with E-state index in [1.54, 1.807) is 19.1 Å². The molecule has 2 N–H and O–H groups in total. The normalized spacial score (nSPS) is 14.4. The summed E-state index contributed by atoms with van der Waals surface area (Å²) in [5, 5.41) is 6.07. The number of carbonyl (C=O) groups excluding carboxylic acids is 3. The van der Waals surface area contributed by atoms with Crippen LogP contribution in [0.3, 0.4) is 0 Å². The number of hydrogen-bond donors (Lipinski definition) is 2. The van der Waals surface area contributed by atoms with Crippen LogP contribution in [-0.2, 0) is 9.53 Å². The molecule has 0 bridgehead atoms. The molecule has 0 atom stereocenters. The number of thiophene rings is 1. The molecule has 3 rings (SSSR count). The molecule has 148 valence electrons. The maximum atomic E-state index is 12.7. The molecule has 1 aromatic carbocycles. The molecule has 1 aliphatic rings. The molecule has 0 saturated heterocycles. The zero-order chi connectivity index (χ0) is 20.1. The monoisotopic (exact) mass is 400 g/mol. The van der Waals surface area contributed by atoms with Crippen molar-refractivity contribution in [3.8, 4) is 0 Å². The van der Waals surface area contributed by atoms with Crippen LogP contribution in [0.2, 0.25) is 0 Å². The number of ether oxygens (including phenoxy) is 1. The van der Waals surface area contributed by atoms with Gasteiger partial charge in [0.15, 0.2) is 0 Å². The van der Waals surface area contributed by atoms with Gasteiger partial charge < -0.3 is 15.4 Å². The molecule has 6 nitrogen and oxygen atoms in total. The Hall–Kier alpha value is -2.67. The van der Waals surface area contributed by atoms with Crippen LogP contribution in [0.25, 0.3) is 0 Å². The molecule has 0 aliphatic heterocycles. The van der Waals surface area contributed by atoms with Crippen molar-refractivity contribution in [2.75, 3.05) is 17.7 Å². The summed E-state index contributed by atoms with van der Waals surface area (Å²) in [5.74, 6) is -1.03. The number of amides is 2. The van der Waals surface area contributed by atoms with Gasteiger partial charge in [0, 0.05) is 11.6 Å². The van der Waals surface area contributed by atoms with E-state index in [1.807, 2.05) is 18.2 Å². The fourth-order valence-electron chi connectivity index (χ4n) is 3.45. The van der Waals surface area contributed by atoms with Crippen molar-refractivity contribution < 1.29 is 19.1 Å². The fourth-order valence-corrected chi connectivity index (χ4v) is 4.55. The highest BCUT2D eigenvalue weighted by molar-refractivity contribution is 7.18. The van der Waals surface area contributed by atoms with E-state index >= 15 is 0 Å². The van der Waals surface area contributed by atoms with Crippen LogP contribution in [0, 0.1) is 12.8 Å². The summed E-state index contributed by atoms with van der Waals surface area (Å²) in [6.07, 6.45) is 4.93. The van der Waals surface area contributed by atoms with Gasteiger partial charge in [0.05, 0.1) is 17.6 Å². The van der Waals surface area contributed by atoms with E-state index in [9.17, 15) is 14.4 Å². The van der Waals surface area contributed by atoms with E-state index in [4.69, 9.17) is 4.74 Å². The number of nitrogens with one attached hydrogen (secondary N) is 2. The van der Waals surface area contributed by atoms with Crippen molar-refractivity contribution in [1.82, 2.24) is 0 Å². The van der Waals surface area contributed by atoms with Crippen molar-refractivity contribution in [3.63, 3.8) is 0 Å². The Labute approximate surface area is 168 Å². The van der Waals surface area contributed by atoms with Gasteiger partial charge in [0.2, 0.25) is 5.91 Å². The number of esters is 1. The summed E-state index contributed by atoms with van der Waals surface area (Å²) in [4.78, 5) is 38.1. The summed E-state index contributed by atoms with van der Waals surface area (Å²) in [7, 11) is 1.29. The van der Waals surface area contributed by atoms with Gasteiger partial charge in [-0.05, 0) is 37.5 Å². The zero-order valence-corrected chi connectivity index (χ0v) is 16.9. The summed E-state index contributed by atoms with van der Waals surface area (Å²) < 4.78 is 4.88. The molecule has 1 fully saturated rings. The average Bonchev–Trinajstić information content (AvgIpc) is 3.04. The van der Waals surface area contributed by atoms with Crippen molar-refractivity contribution in [2.24, 2.45) is 5.92 Å². The lowest BCUT2D eigenvalue weighted by Crippen LogP contribution is -2.25. The van der Waals surface area contributed by atoms with Gasteiger partial charge in [0.1, 0.15) is 5.00 Å². The molecule has 2 aromatic rings. The predicted octanol–water partition coefficient (Wildman–Crippen LogP) is 4.61. The maximum Gasteiger partial charge on any atom is 0.341 e. The first-order valence-electron chi connectivity index (χ1n) is 9.40. The number of rotatable bonds is 5. The van der Waals surface area contributed by atoms with Crippen LogP contribution in [0.5, 0.6) is 0 Å². The average molecular weight is 401 g/mol. The van der Waals surface area contributed by atoms with Crippen LogP contribution < -0.4 is 10.6 Å². The standard InChI is InChI=1S/C21H24N2O4S/c1-13-16(21(26)27-2)20(23-18(24)14-9-5-3-6-10-14)28-17(13)19(25)22-15-11-7-4-8-12-15/h4,7-8,11-12,14H,3,5-6,9-10H2,1-2H3,(H,22,25)(H,23,24). The minimum absolute atomic E-state index is 0.0525. The minimum Gasteiger partial charge on any atom is -0.465 e. The van der Waals surface area contributed by atoms with E-state index in [-0.39, 0.29) is 23.3 Å². The lowest BCUT2D eigenvalue weighted by Gasteiger charge is -2.20. The highest BCUT2D eigenvalue weighted by atomic mass is 32.1. The first-order chi connectivity index (χ1) is 13.5. The van der Waals surface area contributed by atoms with E-state index in [0.717, 1.165) is 43.4 Å². The summed E-state index contributed by atoms with van der Waals surface area (Å²) >= 11 is 1.10. The number of benzene rings is 1. The third-order valence-electron chi connectivity index (χ3n) is 4.99. The smallest absolute Gasteiger partial charge is 0.341 e. The van der Waals surface area contributed by atoms with E-state index in [0.29, 0.717) is 21.1 Å². The largest absolute Gasteiger partial charge is 0.465 e. The Morgan fingerprint density at radius 1 is 1.04 bits per heavy atom. The molecular weight excluding hydrogens is 376 g/mol. The van der Waals surface area contributed by atoms with Crippen LogP contribution in [-0.4, -0.2) is 24.9 Å². The summed E-state index contributed by atoms with van der Waals surface area (Å²) in [5.41, 5.74) is 1.41. The molecule has 28 heavy (non-hydrogen) atoms. The third-order valence-corrected chi connectivity index (χ3v) is 6.19. The molecule has 1 heterocycles. The minimum atomic E-state index is -0.563. The van der Waals surface area contributed by atoms with Gasteiger partial charge in [-0.3, -0.25) is 9.59 Å². The fraction of sp³-hybridized carbons (Fsp3) is 0.381. The topological polar surface area (TPSA) is 84.5 Å². The first-order valence-corrected chi connectivity index (χ1v) is 10.2. The number of methoxy groups -OCH3 is 1. The number of hydrogen-bond acceptors (Lipinski definition) is 5. The molecule has 7 heteroatoms. The molecule has 1 aromatic heterocycles. The highest BCUT2D eigenvalue weighted by Gasteiger charge is 2.28. The van der Waals surface area contributed by atoms with Crippen LogP contribution in [0.1, 0.15) is 57.7 Å². The molecule has 1 saturated carbocycles. The molecule has 0 spiro atoms. The second-order valence-corrected chi connectivity index (χ2v) is 7.92.